The summed E-state index contributed by atoms with van der Waals surface area (Å²) in [6, 6.07) is -0.857. The molecule has 150 valence electrons. The lowest BCUT2D eigenvalue weighted by atomic mass is 9.76. The molecule has 0 unspecified atom stereocenters. The molecule has 0 bridgehead atoms. The van der Waals surface area contributed by atoms with Crippen LogP contribution in [0.5, 0.6) is 0 Å². The number of hydrogen-bond acceptors (Lipinski definition) is 5. The molecule has 7 nitrogen and oxygen atoms in total. The highest BCUT2D eigenvalue weighted by Gasteiger charge is 2.50. The standard InChI is InChI=1S/C21H28N4O3/c1-12(25-18(27)14-6-4-5-7-15(14)19(25)28)17(26)24-20-22-11-13-10-21(2,3)9-8-16(13)23-20/h11-12,14-15H,4-10H2,1-3H3,(H,22,23,24,26)/t12-,14-,15+/m0/s1. The van der Waals surface area contributed by atoms with Crippen molar-refractivity contribution in [2.24, 2.45) is 17.3 Å². The number of likely N-dealkylation sites (tertiary alicyclic amines) is 1. The maximum Gasteiger partial charge on any atom is 0.249 e. The highest BCUT2D eigenvalue weighted by atomic mass is 16.2. The summed E-state index contributed by atoms with van der Waals surface area (Å²) in [6.07, 6.45) is 8.02. The zero-order valence-electron chi connectivity index (χ0n) is 16.8. The number of hydrogen-bond donors (Lipinski definition) is 1. The van der Waals surface area contributed by atoms with Crippen LogP contribution in [0, 0.1) is 17.3 Å². The molecule has 1 N–H and O–H groups in total. The number of imide groups is 1. The number of nitrogens with one attached hydrogen (secondary N) is 1. The van der Waals surface area contributed by atoms with Crippen LogP contribution in [0.2, 0.25) is 0 Å². The summed E-state index contributed by atoms with van der Waals surface area (Å²) >= 11 is 0. The van der Waals surface area contributed by atoms with E-state index in [4.69, 9.17) is 0 Å². The molecule has 2 heterocycles. The van der Waals surface area contributed by atoms with Gasteiger partial charge < -0.3 is 0 Å². The van der Waals surface area contributed by atoms with E-state index in [9.17, 15) is 14.4 Å². The Hall–Kier alpha value is -2.31. The van der Waals surface area contributed by atoms with Gasteiger partial charge in [0.15, 0.2) is 0 Å². The number of amides is 3. The van der Waals surface area contributed by atoms with E-state index in [1.807, 2.05) is 0 Å². The lowest BCUT2D eigenvalue weighted by Gasteiger charge is -2.30. The Morgan fingerprint density at radius 2 is 1.86 bits per heavy atom. The van der Waals surface area contributed by atoms with Crippen LogP contribution in [-0.4, -0.2) is 38.6 Å². The normalized spacial score (nSPS) is 27.2. The number of fused-ring (bicyclic) bond motifs is 2. The molecule has 3 amide bonds. The number of aryl methyl sites for hydroxylation is 1. The van der Waals surface area contributed by atoms with Gasteiger partial charge in [0, 0.05) is 11.9 Å². The highest BCUT2D eigenvalue weighted by Crippen LogP contribution is 2.39. The molecule has 1 aliphatic heterocycles. The molecule has 4 rings (SSSR count). The Kier molecular flexibility index (Phi) is 4.71. The van der Waals surface area contributed by atoms with Crippen LogP contribution in [0.1, 0.15) is 64.1 Å². The molecule has 3 atom stereocenters. The van der Waals surface area contributed by atoms with Crippen molar-refractivity contribution in [3.63, 3.8) is 0 Å². The summed E-state index contributed by atoms with van der Waals surface area (Å²) in [5.74, 6) is -1.08. The molecule has 0 radical (unpaired) electrons. The second-order valence-corrected chi connectivity index (χ2v) is 9.22. The van der Waals surface area contributed by atoms with E-state index in [1.165, 1.54) is 0 Å². The first-order valence-corrected chi connectivity index (χ1v) is 10.3. The Bertz CT molecular complexity index is 811. The van der Waals surface area contributed by atoms with Crippen molar-refractivity contribution in [1.82, 2.24) is 14.9 Å². The summed E-state index contributed by atoms with van der Waals surface area (Å²) in [5.41, 5.74) is 2.33. The van der Waals surface area contributed by atoms with Gasteiger partial charge in [-0.05, 0) is 50.0 Å². The summed E-state index contributed by atoms with van der Waals surface area (Å²) < 4.78 is 0. The molecular weight excluding hydrogens is 356 g/mol. The molecule has 1 aromatic rings. The monoisotopic (exact) mass is 384 g/mol. The van der Waals surface area contributed by atoms with Crippen LogP contribution in [0.3, 0.4) is 0 Å². The zero-order chi connectivity index (χ0) is 20.1. The minimum atomic E-state index is -0.857. The van der Waals surface area contributed by atoms with Crippen molar-refractivity contribution < 1.29 is 14.4 Å². The molecule has 1 saturated heterocycles. The summed E-state index contributed by atoms with van der Waals surface area (Å²) in [5, 5.41) is 2.70. The van der Waals surface area contributed by atoms with Crippen LogP contribution in [-0.2, 0) is 27.2 Å². The number of anilines is 1. The molecule has 28 heavy (non-hydrogen) atoms. The van der Waals surface area contributed by atoms with Crippen molar-refractivity contribution in [1.29, 1.82) is 0 Å². The Balaban J connectivity index is 1.47. The van der Waals surface area contributed by atoms with Gasteiger partial charge in [-0.1, -0.05) is 26.7 Å². The van der Waals surface area contributed by atoms with Gasteiger partial charge in [0.2, 0.25) is 23.7 Å². The van der Waals surface area contributed by atoms with E-state index >= 15 is 0 Å². The second-order valence-electron chi connectivity index (χ2n) is 9.22. The number of carbonyl (C=O) groups excluding carboxylic acids is 3. The Morgan fingerprint density at radius 3 is 2.50 bits per heavy atom. The van der Waals surface area contributed by atoms with Crippen molar-refractivity contribution >= 4 is 23.7 Å². The van der Waals surface area contributed by atoms with Gasteiger partial charge in [-0.15, -0.1) is 0 Å². The SMILES string of the molecule is C[C@@H](C(=O)Nc1ncc2c(n1)CCC(C)(C)C2)N1C(=O)[C@H]2CCCC[C@H]2C1=O. The quantitative estimate of drug-likeness (QED) is 0.809. The molecule has 0 spiro atoms. The van der Waals surface area contributed by atoms with Gasteiger partial charge in [0.05, 0.1) is 11.8 Å². The van der Waals surface area contributed by atoms with Gasteiger partial charge in [0.25, 0.3) is 0 Å². The van der Waals surface area contributed by atoms with Crippen LogP contribution in [0.15, 0.2) is 6.20 Å². The highest BCUT2D eigenvalue weighted by molar-refractivity contribution is 6.09. The van der Waals surface area contributed by atoms with E-state index in [0.717, 1.165) is 61.1 Å². The van der Waals surface area contributed by atoms with Crippen molar-refractivity contribution in [3.05, 3.63) is 17.5 Å². The number of nitrogens with zero attached hydrogens (tertiary/aromatic N) is 3. The van der Waals surface area contributed by atoms with Crippen LogP contribution >= 0.6 is 0 Å². The average molecular weight is 384 g/mol. The van der Waals surface area contributed by atoms with Crippen molar-refractivity contribution in [3.8, 4) is 0 Å². The third-order valence-electron chi connectivity index (χ3n) is 6.54. The first kappa shape index (κ1) is 19.0. The number of aromatic nitrogens is 2. The number of rotatable bonds is 3. The third-order valence-corrected chi connectivity index (χ3v) is 6.54. The smallest absolute Gasteiger partial charge is 0.249 e. The van der Waals surface area contributed by atoms with Gasteiger partial charge in [-0.2, -0.15) is 0 Å². The molecular formula is C21H28N4O3. The fourth-order valence-electron chi connectivity index (χ4n) is 4.83. The van der Waals surface area contributed by atoms with Crippen LogP contribution in [0.4, 0.5) is 5.95 Å². The topological polar surface area (TPSA) is 92.3 Å². The average Bonchev–Trinajstić information content (AvgIpc) is 2.92. The van der Waals surface area contributed by atoms with Crippen LogP contribution in [0.25, 0.3) is 0 Å². The predicted octanol–water partition coefficient (Wildman–Crippen LogP) is 2.49. The molecule has 1 aromatic heterocycles. The van der Waals surface area contributed by atoms with E-state index < -0.39 is 11.9 Å². The Labute approximate surface area is 165 Å². The molecule has 0 aromatic carbocycles. The minimum absolute atomic E-state index is 0.203. The summed E-state index contributed by atoms with van der Waals surface area (Å²) in [4.78, 5) is 48.1. The zero-order valence-corrected chi connectivity index (χ0v) is 16.8. The molecule has 3 aliphatic rings. The minimum Gasteiger partial charge on any atom is -0.293 e. The maximum atomic E-state index is 12.7. The van der Waals surface area contributed by atoms with Gasteiger partial charge in [-0.25, -0.2) is 9.97 Å². The lowest BCUT2D eigenvalue weighted by Crippen LogP contribution is -2.46. The largest absolute Gasteiger partial charge is 0.293 e. The first-order chi connectivity index (χ1) is 13.3. The van der Waals surface area contributed by atoms with Crippen LogP contribution < -0.4 is 5.32 Å². The van der Waals surface area contributed by atoms with E-state index in [1.54, 1.807) is 13.1 Å². The molecule has 2 aliphatic carbocycles. The summed E-state index contributed by atoms with van der Waals surface area (Å²) in [6.45, 7) is 6.06. The van der Waals surface area contributed by atoms with Gasteiger partial charge in [-0.3, -0.25) is 24.6 Å². The van der Waals surface area contributed by atoms with Crippen molar-refractivity contribution in [2.45, 2.75) is 71.8 Å². The Morgan fingerprint density at radius 1 is 1.21 bits per heavy atom. The predicted molar refractivity (Wildman–Crippen MR) is 103 cm³/mol. The number of carbonyl (C=O) groups is 3. The van der Waals surface area contributed by atoms with Crippen molar-refractivity contribution in [2.75, 3.05) is 5.32 Å². The molecule has 7 heteroatoms. The third kappa shape index (κ3) is 3.31. The second kappa shape index (κ2) is 6.94. The molecule has 2 fully saturated rings. The lowest BCUT2D eigenvalue weighted by molar-refractivity contribution is -0.146. The summed E-state index contributed by atoms with van der Waals surface area (Å²) in [7, 11) is 0. The fraction of sp³-hybridized carbons (Fsp3) is 0.667. The van der Waals surface area contributed by atoms with Gasteiger partial charge in [0.1, 0.15) is 6.04 Å². The van der Waals surface area contributed by atoms with E-state index in [2.05, 4.69) is 29.1 Å². The first-order valence-electron chi connectivity index (χ1n) is 10.3. The van der Waals surface area contributed by atoms with E-state index in [0.29, 0.717) is 0 Å². The maximum absolute atomic E-state index is 12.7. The van der Waals surface area contributed by atoms with E-state index in [-0.39, 0.29) is 35.0 Å². The molecule has 1 saturated carbocycles. The van der Waals surface area contributed by atoms with Gasteiger partial charge >= 0.3 is 0 Å². The fourth-order valence-corrected chi connectivity index (χ4v) is 4.83.